The predicted molar refractivity (Wildman–Crippen MR) is 83.4 cm³/mol. The van der Waals surface area contributed by atoms with E-state index in [1.807, 2.05) is 16.8 Å². The van der Waals surface area contributed by atoms with E-state index >= 15 is 0 Å². The molecule has 0 spiro atoms. The number of ether oxygens (including phenoxy) is 1. The van der Waals surface area contributed by atoms with Crippen molar-refractivity contribution in [3.8, 4) is 5.75 Å². The van der Waals surface area contributed by atoms with Gasteiger partial charge in [-0.15, -0.1) is 0 Å². The van der Waals surface area contributed by atoms with Crippen LogP contribution in [0.5, 0.6) is 5.75 Å². The first-order valence-corrected chi connectivity index (χ1v) is 7.67. The van der Waals surface area contributed by atoms with Crippen LogP contribution in [0.3, 0.4) is 0 Å². The van der Waals surface area contributed by atoms with Gasteiger partial charge in [0.25, 0.3) is 0 Å². The third-order valence-corrected chi connectivity index (χ3v) is 3.76. The molecule has 1 atom stereocenters. The minimum Gasteiger partial charge on any atom is -0.493 e. The van der Waals surface area contributed by atoms with Gasteiger partial charge in [0.15, 0.2) is 0 Å². The zero-order valence-electron chi connectivity index (χ0n) is 12.7. The lowest BCUT2D eigenvalue weighted by atomic mass is 10.0. The molecule has 0 amide bonds. The number of rotatable bonds is 6. The lowest BCUT2D eigenvalue weighted by Gasteiger charge is -2.09. The summed E-state index contributed by atoms with van der Waals surface area (Å²) in [7, 11) is 0. The number of hydrogen-bond acceptors (Lipinski definition) is 3. The first-order valence-electron chi connectivity index (χ1n) is 7.67. The summed E-state index contributed by atoms with van der Waals surface area (Å²) in [6.45, 7) is 7.91. The Morgan fingerprint density at radius 1 is 1.33 bits per heavy atom. The first kappa shape index (κ1) is 14.1. The van der Waals surface area contributed by atoms with E-state index in [1.165, 1.54) is 5.56 Å². The second-order valence-corrected chi connectivity index (χ2v) is 6.10. The summed E-state index contributed by atoms with van der Waals surface area (Å²) in [4.78, 5) is 0. The molecule has 0 saturated carbocycles. The smallest absolute Gasteiger partial charge is 0.122 e. The van der Waals surface area contributed by atoms with E-state index in [9.17, 15) is 0 Å². The fraction of sp³-hybridized carbons (Fsp3) is 0.471. The fourth-order valence-electron chi connectivity index (χ4n) is 2.69. The highest BCUT2D eigenvalue weighted by molar-refractivity contribution is 5.39. The maximum absolute atomic E-state index is 5.73. The summed E-state index contributed by atoms with van der Waals surface area (Å²) in [6, 6.07) is 10.4. The number of aromatic nitrogens is 2. The first-order chi connectivity index (χ1) is 10.2. The van der Waals surface area contributed by atoms with Crippen molar-refractivity contribution >= 4 is 0 Å². The van der Waals surface area contributed by atoms with Crippen molar-refractivity contribution in [3.63, 3.8) is 0 Å². The Labute approximate surface area is 126 Å². The third-order valence-electron chi connectivity index (χ3n) is 3.76. The van der Waals surface area contributed by atoms with Crippen LogP contribution in [0.4, 0.5) is 0 Å². The zero-order chi connectivity index (χ0) is 14.7. The van der Waals surface area contributed by atoms with Gasteiger partial charge in [-0.3, -0.25) is 4.68 Å². The van der Waals surface area contributed by atoms with Crippen LogP contribution in [0.25, 0.3) is 0 Å². The highest BCUT2D eigenvalue weighted by Crippen LogP contribution is 2.34. The van der Waals surface area contributed by atoms with Crippen molar-refractivity contribution in [2.24, 2.45) is 5.92 Å². The Hall–Kier alpha value is -1.81. The Kier molecular flexibility index (Phi) is 4.25. The predicted octanol–water partition coefficient (Wildman–Crippen LogP) is 2.80. The highest BCUT2D eigenvalue weighted by Gasteiger charge is 2.24. The quantitative estimate of drug-likeness (QED) is 0.887. The molecule has 1 aromatic heterocycles. The van der Waals surface area contributed by atoms with Crippen LogP contribution < -0.4 is 10.1 Å². The Balaban J connectivity index is 1.58. The van der Waals surface area contributed by atoms with Crippen LogP contribution in [-0.4, -0.2) is 22.9 Å². The van der Waals surface area contributed by atoms with Crippen molar-refractivity contribution < 1.29 is 4.74 Å². The van der Waals surface area contributed by atoms with Crippen LogP contribution >= 0.6 is 0 Å². The average molecular weight is 285 g/mol. The maximum atomic E-state index is 5.73. The van der Waals surface area contributed by atoms with E-state index in [0.29, 0.717) is 11.8 Å². The molecule has 112 valence electrons. The molecule has 1 unspecified atom stereocenters. The average Bonchev–Trinajstić information content (AvgIpc) is 3.07. The van der Waals surface area contributed by atoms with E-state index in [2.05, 4.69) is 48.7 Å². The molecule has 2 heterocycles. The van der Waals surface area contributed by atoms with Gasteiger partial charge in [0.05, 0.1) is 18.8 Å². The summed E-state index contributed by atoms with van der Waals surface area (Å²) in [5.74, 6) is 2.09. The van der Waals surface area contributed by atoms with Crippen molar-refractivity contribution in [1.82, 2.24) is 15.1 Å². The number of para-hydroxylation sites is 1. The molecule has 1 aromatic carbocycles. The topological polar surface area (TPSA) is 39.1 Å². The highest BCUT2D eigenvalue weighted by atomic mass is 16.5. The normalized spacial score (nSPS) is 17.0. The number of hydrogen-bond donors (Lipinski definition) is 1. The van der Waals surface area contributed by atoms with Gasteiger partial charge in [0.2, 0.25) is 0 Å². The SMILES string of the molecule is CC(C)CNCc1ccn(CC2COc3ccccc32)n1. The van der Waals surface area contributed by atoms with E-state index < -0.39 is 0 Å². The number of benzene rings is 1. The van der Waals surface area contributed by atoms with Crippen molar-refractivity contribution in [1.29, 1.82) is 0 Å². The van der Waals surface area contributed by atoms with Crippen LogP contribution in [0, 0.1) is 5.92 Å². The summed E-state index contributed by atoms with van der Waals surface area (Å²) in [5.41, 5.74) is 2.40. The monoisotopic (exact) mass is 285 g/mol. The lowest BCUT2D eigenvalue weighted by Crippen LogP contribution is -2.19. The lowest BCUT2D eigenvalue weighted by molar-refractivity contribution is 0.314. The molecule has 0 bridgehead atoms. The Morgan fingerprint density at radius 2 is 2.19 bits per heavy atom. The molecule has 1 aliphatic heterocycles. The van der Waals surface area contributed by atoms with E-state index in [0.717, 1.165) is 37.7 Å². The standard InChI is InChI=1S/C17H23N3O/c1-13(2)9-18-10-15-7-8-20(19-15)11-14-12-21-17-6-4-3-5-16(14)17/h3-8,13-14,18H,9-12H2,1-2H3. The van der Waals surface area contributed by atoms with Gasteiger partial charge in [-0.05, 0) is 24.6 Å². The van der Waals surface area contributed by atoms with Gasteiger partial charge >= 0.3 is 0 Å². The van der Waals surface area contributed by atoms with Gasteiger partial charge in [0, 0.05) is 24.2 Å². The minimum atomic E-state index is 0.401. The molecule has 0 aliphatic carbocycles. The largest absolute Gasteiger partial charge is 0.493 e. The van der Waals surface area contributed by atoms with Crippen LogP contribution in [0.2, 0.25) is 0 Å². The maximum Gasteiger partial charge on any atom is 0.122 e. The van der Waals surface area contributed by atoms with Crippen LogP contribution in [0.1, 0.15) is 31.0 Å². The van der Waals surface area contributed by atoms with Gasteiger partial charge < -0.3 is 10.1 Å². The van der Waals surface area contributed by atoms with Crippen molar-refractivity contribution in [2.45, 2.75) is 32.9 Å². The molecule has 1 N–H and O–H groups in total. The van der Waals surface area contributed by atoms with Crippen LogP contribution in [-0.2, 0) is 13.1 Å². The molecule has 4 nitrogen and oxygen atoms in total. The summed E-state index contributed by atoms with van der Waals surface area (Å²) in [5, 5.41) is 8.07. The second-order valence-electron chi connectivity index (χ2n) is 6.10. The van der Waals surface area contributed by atoms with Crippen LogP contribution in [0.15, 0.2) is 36.5 Å². The number of nitrogens with one attached hydrogen (secondary N) is 1. The van der Waals surface area contributed by atoms with Gasteiger partial charge in [-0.1, -0.05) is 32.0 Å². The molecule has 0 radical (unpaired) electrons. The molecule has 1 aliphatic rings. The minimum absolute atomic E-state index is 0.401. The van der Waals surface area contributed by atoms with Crippen molar-refractivity contribution in [3.05, 3.63) is 47.8 Å². The Morgan fingerprint density at radius 3 is 3.05 bits per heavy atom. The number of nitrogens with zero attached hydrogens (tertiary/aromatic N) is 2. The zero-order valence-corrected chi connectivity index (χ0v) is 12.7. The third kappa shape index (κ3) is 3.45. The Bertz CT molecular complexity index is 591. The number of fused-ring (bicyclic) bond motifs is 1. The molecular formula is C17H23N3O. The molecule has 0 saturated heterocycles. The molecule has 4 heteroatoms. The summed E-state index contributed by atoms with van der Waals surface area (Å²) in [6.07, 6.45) is 2.06. The summed E-state index contributed by atoms with van der Waals surface area (Å²) >= 11 is 0. The van der Waals surface area contributed by atoms with E-state index in [-0.39, 0.29) is 0 Å². The fourth-order valence-corrected chi connectivity index (χ4v) is 2.69. The molecular weight excluding hydrogens is 262 g/mol. The molecule has 3 rings (SSSR count). The van der Waals surface area contributed by atoms with Gasteiger partial charge in [-0.2, -0.15) is 5.10 Å². The molecule has 21 heavy (non-hydrogen) atoms. The molecule has 0 fully saturated rings. The van der Waals surface area contributed by atoms with E-state index in [1.54, 1.807) is 0 Å². The van der Waals surface area contributed by atoms with Gasteiger partial charge in [-0.25, -0.2) is 0 Å². The van der Waals surface area contributed by atoms with Crippen molar-refractivity contribution in [2.75, 3.05) is 13.2 Å². The van der Waals surface area contributed by atoms with E-state index in [4.69, 9.17) is 4.74 Å². The molecule has 2 aromatic rings. The summed E-state index contributed by atoms with van der Waals surface area (Å²) < 4.78 is 7.76. The second kappa shape index (κ2) is 6.31. The van der Waals surface area contributed by atoms with Gasteiger partial charge in [0.1, 0.15) is 5.75 Å².